The van der Waals surface area contributed by atoms with Crippen LogP contribution in [0.4, 0.5) is 0 Å². The number of methoxy groups -OCH3 is 1. The molecule has 8 heteroatoms. The first kappa shape index (κ1) is 17.4. The number of carbonyl (C=O) groups is 1. The van der Waals surface area contributed by atoms with Gasteiger partial charge in [-0.1, -0.05) is 0 Å². The zero-order valence-electron chi connectivity index (χ0n) is 12.1. The lowest BCUT2D eigenvalue weighted by Gasteiger charge is -2.22. The Morgan fingerprint density at radius 3 is 2.48 bits per heavy atom. The molecule has 1 aromatic rings. The first-order valence-electron chi connectivity index (χ1n) is 6.15. The fourth-order valence-corrected chi connectivity index (χ4v) is 2.03. The van der Waals surface area contributed by atoms with E-state index in [1.54, 1.807) is 7.11 Å². The molecule has 0 aliphatic heterocycles. The lowest BCUT2D eigenvalue weighted by Crippen LogP contribution is -2.25. The van der Waals surface area contributed by atoms with Gasteiger partial charge >= 0.3 is 5.97 Å². The monoisotopic (exact) mass is 317 g/mol. The van der Waals surface area contributed by atoms with Gasteiger partial charge < -0.3 is 14.6 Å². The topological polar surface area (TPSA) is 116 Å². The van der Waals surface area contributed by atoms with Gasteiger partial charge in [0.2, 0.25) is 10.0 Å². The lowest BCUT2D eigenvalue weighted by molar-refractivity contribution is 0.00537. The number of hydrogen-bond donors (Lipinski definition) is 2. The van der Waals surface area contributed by atoms with E-state index in [1.807, 2.05) is 13.8 Å². The van der Waals surface area contributed by atoms with Crippen molar-refractivity contribution in [3.05, 3.63) is 23.8 Å². The fraction of sp³-hybridized carbons (Fsp3) is 0.462. The summed E-state index contributed by atoms with van der Waals surface area (Å²) in [5, 5.41) is 14.1. The molecule has 118 valence electrons. The largest absolute Gasteiger partial charge is 0.493 e. The second-order valence-electron chi connectivity index (χ2n) is 5.07. The molecule has 0 unspecified atom stereocenters. The predicted molar refractivity (Wildman–Crippen MR) is 76.0 cm³/mol. The Morgan fingerprint density at radius 2 is 2.00 bits per heavy atom. The van der Waals surface area contributed by atoms with Crippen LogP contribution in [0.3, 0.4) is 0 Å². The third-order valence-electron chi connectivity index (χ3n) is 3.02. The van der Waals surface area contributed by atoms with E-state index >= 15 is 0 Å². The first-order valence-corrected chi connectivity index (χ1v) is 7.69. The third kappa shape index (κ3) is 5.00. The molecule has 0 amide bonds. The highest BCUT2D eigenvalue weighted by Gasteiger charge is 2.19. The quantitative estimate of drug-likeness (QED) is 0.781. The Kier molecular flexibility index (Phi) is 5.32. The van der Waals surface area contributed by atoms with Crippen LogP contribution in [-0.2, 0) is 14.8 Å². The van der Waals surface area contributed by atoms with Crippen molar-refractivity contribution in [2.24, 2.45) is 5.14 Å². The molecular formula is C13H19NO6S. The molecule has 1 aromatic carbocycles. The number of benzene rings is 1. The molecule has 3 N–H and O–H groups in total. The Morgan fingerprint density at radius 1 is 1.38 bits per heavy atom. The highest BCUT2D eigenvalue weighted by Crippen LogP contribution is 2.23. The number of primary sulfonamides is 1. The Labute approximate surface area is 123 Å². The van der Waals surface area contributed by atoms with Crippen LogP contribution in [0.25, 0.3) is 0 Å². The van der Waals surface area contributed by atoms with Crippen molar-refractivity contribution in [1.29, 1.82) is 0 Å². The molecule has 0 bridgehead atoms. The molecule has 0 aliphatic carbocycles. The van der Waals surface area contributed by atoms with E-state index in [9.17, 15) is 13.2 Å². The molecule has 0 spiro atoms. The number of carboxylic acids is 1. The van der Waals surface area contributed by atoms with E-state index in [0.29, 0.717) is 6.42 Å². The summed E-state index contributed by atoms with van der Waals surface area (Å²) in [4.78, 5) is 10.9. The maximum absolute atomic E-state index is 11.2. The second kappa shape index (κ2) is 6.42. The average molecular weight is 317 g/mol. The van der Waals surface area contributed by atoms with Gasteiger partial charge in [0.15, 0.2) is 0 Å². The van der Waals surface area contributed by atoms with Crippen LogP contribution in [0.5, 0.6) is 5.75 Å². The minimum absolute atomic E-state index is 0.0850. The van der Waals surface area contributed by atoms with Crippen LogP contribution in [0, 0.1) is 0 Å². The fourth-order valence-electron chi connectivity index (χ4n) is 1.49. The summed E-state index contributed by atoms with van der Waals surface area (Å²) in [6.07, 6.45) is 0.541. The molecule has 0 aromatic heterocycles. The van der Waals surface area contributed by atoms with E-state index in [4.69, 9.17) is 19.7 Å². The van der Waals surface area contributed by atoms with E-state index in [-0.39, 0.29) is 22.8 Å². The highest BCUT2D eigenvalue weighted by molar-refractivity contribution is 7.89. The lowest BCUT2D eigenvalue weighted by atomic mass is 10.1. The molecule has 0 saturated heterocycles. The van der Waals surface area contributed by atoms with Gasteiger partial charge in [-0.05, 0) is 32.0 Å². The van der Waals surface area contributed by atoms with Crippen molar-refractivity contribution >= 4 is 16.0 Å². The summed E-state index contributed by atoms with van der Waals surface area (Å²) >= 11 is 0. The summed E-state index contributed by atoms with van der Waals surface area (Å²) in [6.45, 7) is 3.98. The SMILES string of the molecule is COC(C)(C)CCOc1ccc(S(N)(=O)=O)cc1C(=O)O. The number of aromatic carboxylic acids is 1. The van der Waals surface area contributed by atoms with Gasteiger partial charge in [0.25, 0.3) is 0 Å². The van der Waals surface area contributed by atoms with Crippen LogP contribution < -0.4 is 9.88 Å². The molecular weight excluding hydrogens is 298 g/mol. The standard InChI is InChI=1S/C13H19NO6S/c1-13(2,19-3)6-7-20-11-5-4-9(21(14,17)18)8-10(11)12(15)16/h4-5,8H,6-7H2,1-3H3,(H,15,16)(H2,14,17,18). The normalized spacial score (nSPS) is 12.2. The number of carboxylic acid groups (broad SMARTS) is 1. The number of ether oxygens (including phenoxy) is 2. The molecule has 0 radical (unpaired) electrons. The van der Waals surface area contributed by atoms with Crippen LogP contribution in [0.2, 0.25) is 0 Å². The summed E-state index contributed by atoms with van der Waals surface area (Å²) in [5.41, 5.74) is -0.652. The molecule has 7 nitrogen and oxygen atoms in total. The van der Waals surface area contributed by atoms with Gasteiger partial charge in [0.05, 0.1) is 17.1 Å². The van der Waals surface area contributed by atoms with Gasteiger partial charge in [-0.2, -0.15) is 0 Å². The van der Waals surface area contributed by atoms with Gasteiger partial charge in [-0.3, -0.25) is 0 Å². The number of sulfonamides is 1. The smallest absolute Gasteiger partial charge is 0.339 e. The molecule has 0 heterocycles. The molecule has 0 fully saturated rings. The van der Waals surface area contributed by atoms with Gasteiger partial charge in [0, 0.05) is 13.5 Å². The maximum Gasteiger partial charge on any atom is 0.339 e. The second-order valence-corrected chi connectivity index (χ2v) is 6.63. The Bertz CT molecular complexity index is 624. The molecule has 1 rings (SSSR count). The van der Waals surface area contributed by atoms with Crippen molar-refractivity contribution in [2.75, 3.05) is 13.7 Å². The number of rotatable bonds is 7. The van der Waals surface area contributed by atoms with Crippen molar-refractivity contribution in [3.8, 4) is 5.75 Å². The van der Waals surface area contributed by atoms with Gasteiger partial charge in [0.1, 0.15) is 11.3 Å². The predicted octanol–water partition coefficient (Wildman–Crippen LogP) is 1.23. The van der Waals surface area contributed by atoms with Crippen LogP contribution in [0.15, 0.2) is 23.1 Å². The highest BCUT2D eigenvalue weighted by atomic mass is 32.2. The summed E-state index contributed by atoms with van der Waals surface area (Å²) in [7, 11) is -2.39. The minimum Gasteiger partial charge on any atom is -0.493 e. The number of hydrogen-bond acceptors (Lipinski definition) is 5. The van der Waals surface area contributed by atoms with E-state index in [2.05, 4.69) is 0 Å². The summed E-state index contributed by atoms with van der Waals surface area (Å²) in [6, 6.07) is 3.47. The van der Waals surface area contributed by atoms with Gasteiger partial charge in [-0.25, -0.2) is 18.4 Å². The molecule has 0 aliphatic rings. The summed E-state index contributed by atoms with van der Waals surface area (Å²) in [5.74, 6) is -1.21. The van der Waals surface area contributed by atoms with Crippen LogP contribution >= 0.6 is 0 Å². The van der Waals surface area contributed by atoms with Crippen molar-refractivity contribution in [3.63, 3.8) is 0 Å². The first-order chi connectivity index (χ1) is 9.57. The molecule has 0 atom stereocenters. The molecule has 0 saturated carbocycles. The van der Waals surface area contributed by atoms with Crippen molar-refractivity contribution < 1.29 is 27.8 Å². The van der Waals surface area contributed by atoms with Crippen LogP contribution in [0.1, 0.15) is 30.6 Å². The zero-order valence-corrected chi connectivity index (χ0v) is 12.9. The van der Waals surface area contributed by atoms with Gasteiger partial charge in [-0.15, -0.1) is 0 Å². The third-order valence-corrected chi connectivity index (χ3v) is 3.94. The van der Waals surface area contributed by atoms with E-state index < -0.39 is 21.6 Å². The van der Waals surface area contributed by atoms with E-state index in [1.165, 1.54) is 12.1 Å². The number of nitrogens with two attached hydrogens (primary N) is 1. The molecule has 21 heavy (non-hydrogen) atoms. The van der Waals surface area contributed by atoms with Crippen LogP contribution in [-0.4, -0.2) is 38.8 Å². The van der Waals surface area contributed by atoms with Crippen molar-refractivity contribution in [1.82, 2.24) is 0 Å². The Hall–Kier alpha value is -1.64. The maximum atomic E-state index is 11.2. The Balaban J connectivity index is 2.95. The summed E-state index contributed by atoms with van der Waals surface area (Å²) < 4.78 is 33.1. The van der Waals surface area contributed by atoms with E-state index in [0.717, 1.165) is 6.07 Å². The minimum atomic E-state index is -3.96. The zero-order chi connectivity index (χ0) is 16.3. The van der Waals surface area contributed by atoms with Crippen molar-refractivity contribution in [2.45, 2.75) is 30.8 Å². The average Bonchev–Trinajstić information content (AvgIpc) is 2.37.